The lowest BCUT2D eigenvalue weighted by Crippen LogP contribution is -2.34. The van der Waals surface area contributed by atoms with Crippen molar-refractivity contribution in [1.29, 1.82) is 0 Å². The molecule has 29 heavy (non-hydrogen) atoms. The minimum Gasteiger partial charge on any atom is -0.496 e. The topological polar surface area (TPSA) is 98.2 Å². The highest BCUT2D eigenvalue weighted by Gasteiger charge is 2.05. The Morgan fingerprint density at radius 1 is 0.966 bits per heavy atom. The van der Waals surface area contributed by atoms with Gasteiger partial charge in [-0.1, -0.05) is 18.2 Å². The molecule has 0 aliphatic rings. The highest BCUT2D eigenvalue weighted by molar-refractivity contribution is 5.94. The van der Waals surface area contributed by atoms with Crippen LogP contribution in [-0.2, 0) is 9.59 Å². The molecule has 152 valence electrons. The Hall–Kier alpha value is -3.81. The summed E-state index contributed by atoms with van der Waals surface area (Å²) in [6, 6.07) is 12.5. The van der Waals surface area contributed by atoms with Crippen LogP contribution in [0.2, 0.25) is 0 Å². The van der Waals surface area contributed by atoms with E-state index in [4.69, 9.17) is 14.2 Å². The summed E-state index contributed by atoms with van der Waals surface area (Å²) in [7, 11) is 4.64. The van der Waals surface area contributed by atoms with Gasteiger partial charge in [0, 0.05) is 11.6 Å². The maximum atomic E-state index is 11.9. The first-order valence-corrected chi connectivity index (χ1v) is 8.70. The zero-order valence-electron chi connectivity index (χ0n) is 16.5. The molecule has 2 rings (SSSR count). The van der Waals surface area contributed by atoms with Crippen LogP contribution in [0.25, 0.3) is 6.08 Å². The Bertz CT molecular complexity index is 909. The van der Waals surface area contributed by atoms with Gasteiger partial charge in [0.05, 0.1) is 34.1 Å². The van der Waals surface area contributed by atoms with Crippen molar-refractivity contribution in [2.75, 3.05) is 27.9 Å². The summed E-state index contributed by atoms with van der Waals surface area (Å²) in [5.41, 5.74) is 3.82. The molecule has 0 spiro atoms. The molecule has 2 aromatic carbocycles. The molecule has 2 amide bonds. The third-order valence-electron chi connectivity index (χ3n) is 3.79. The standard InChI is InChI=1S/C21H23N3O5/c1-27-17-7-5-4-6-16(17)9-11-20(25)22-14-21(26)24-23-13-15-8-10-18(28-2)19(12-15)29-3/h4-13H,14H2,1-3H3,(H,22,25)(H,24,26)/b11-9+,23-13-. The third-order valence-corrected chi connectivity index (χ3v) is 3.79. The molecule has 0 heterocycles. The van der Waals surface area contributed by atoms with Crippen LogP contribution in [0, 0.1) is 0 Å². The van der Waals surface area contributed by atoms with E-state index in [1.165, 1.54) is 19.4 Å². The molecule has 0 bridgehead atoms. The van der Waals surface area contributed by atoms with Crippen molar-refractivity contribution in [1.82, 2.24) is 10.7 Å². The fourth-order valence-corrected chi connectivity index (χ4v) is 2.35. The zero-order chi connectivity index (χ0) is 21.1. The van der Waals surface area contributed by atoms with Gasteiger partial charge in [0.2, 0.25) is 5.91 Å². The number of rotatable bonds is 9. The molecule has 0 radical (unpaired) electrons. The summed E-state index contributed by atoms with van der Waals surface area (Å²) >= 11 is 0. The molecular formula is C21H23N3O5. The number of ether oxygens (including phenoxy) is 3. The number of para-hydroxylation sites is 1. The lowest BCUT2D eigenvalue weighted by molar-refractivity contribution is -0.123. The number of nitrogens with one attached hydrogen (secondary N) is 2. The zero-order valence-corrected chi connectivity index (χ0v) is 16.5. The molecule has 8 nitrogen and oxygen atoms in total. The second-order valence-corrected chi connectivity index (χ2v) is 5.70. The quantitative estimate of drug-likeness (QED) is 0.383. The second-order valence-electron chi connectivity index (χ2n) is 5.70. The van der Waals surface area contributed by atoms with E-state index in [2.05, 4.69) is 15.8 Å². The first-order valence-electron chi connectivity index (χ1n) is 8.70. The van der Waals surface area contributed by atoms with Crippen LogP contribution in [0.3, 0.4) is 0 Å². The van der Waals surface area contributed by atoms with Crippen molar-refractivity contribution in [3.63, 3.8) is 0 Å². The highest BCUT2D eigenvalue weighted by Crippen LogP contribution is 2.26. The van der Waals surface area contributed by atoms with E-state index in [1.807, 2.05) is 18.2 Å². The average molecular weight is 397 g/mol. The van der Waals surface area contributed by atoms with Gasteiger partial charge in [0.25, 0.3) is 5.91 Å². The molecule has 0 saturated heterocycles. The molecule has 0 aliphatic heterocycles. The Balaban J connectivity index is 1.81. The lowest BCUT2D eigenvalue weighted by Gasteiger charge is -2.07. The van der Waals surface area contributed by atoms with Gasteiger partial charge >= 0.3 is 0 Å². The van der Waals surface area contributed by atoms with Crippen LogP contribution >= 0.6 is 0 Å². The minimum absolute atomic E-state index is 0.210. The highest BCUT2D eigenvalue weighted by atomic mass is 16.5. The monoisotopic (exact) mass is 397 g/mol. The van der Waals surface area contributed by atoms with Gasteiger partial charge < -0.3 is 19.5 Å². The van der Waals surface area contributed by atoms with Crippen LogP contribution < -0.4 is 25.0 Å². The number of carbonyl (C=O) groups excluding carboxylic acids is 2. The van der Waals surface area contributed by atoms with Crippen molar-refractivity contribution in [2.45, 2.75) is 0 Å². The van der Waals surface area contributed by atoms with Gasteiger partial charge in [-0.3, -0.25) is 9.59 Å². The first-order chi connectivity index (χ1) is 14.1. The average Bonchev–Trinajstić information content (AvgIpc) is 2.76. The van der Waals surface area contributed by atoms with E-state index >= 15 is 0 Å². The number of benzene rings is 2. The van der Waals surface area contributed by atoms with Gasteiger partial charge in [-0.15, -0.1) is 0 Å². The van der Waals surface area contributed by atoms with Crippen molar-refractivity contribution in [3.05, 3.63) is 59.7 Å². The molecule has 2 aromatic rings. The summed E-state index contributed by atoms with van der Waals surface area (Å²) in [5, 5.41) is 6.34. The SMILES string of the molecule is COc1ccccc1/C=C/C(=O)NCC(=O)N/N=C\c1ccc(OC)c(OC)c1. The number of methoxy groups -OCH3 is 3. The van der Waals surface area contributed by atoms with Crippen molar-refractivity contribution < 1.29 is 23.8 Å². The van der Waals surface area contributed by atoms with Gasteiger partial charge in [0.1, 0.15) is 5.75 Å². The minimum atomic E-state index is -0.458. The summed E-state index contributed by atoms with van der Waals surface area (Å²) in [5.74, 6) is 0.934. The molecular weight excluding hydrogens is 374 g/mol. The maximum absolute atomic E-state index is 11.9. The Kier molecular flexibility index (Phi) is 8.25. The van der Waals surface area contributed by atoms with Crippen molar-refractivity contribution in [2.24, 2.45) is 5.10 Å². The van der Waals surface area contributed by atoms with Crippen LogP contribution in [0.15, 0.2) is 53.6 Å². The Morgan fingerprint density at radius 2 is 1.69 bits per heavy atom. The molecule has 0 saturated carbocycles. The molecule has 0 aliphatic carbocycles. The molecule has 0 atom stereocenters. The summed E-state index contributed by atoms with van der Waals surface area (Å²) in [4.78, 5) is 23.7. The third kappa shape index (κ3) is 6.69. The molecule has 0 fully saturated rings. The van der Waals surface area contributed by atoms with E-state index in [0.717, 1.165) is 5.56 Å². The number of carbonyl (C=O) groups is 2. The van der Waals surface area contributed by atoms with Crippen LogP contribution in [0.4, 0.5) is 0 Å². The largest absolute Gasteiger partial charge is 0.496 e. The normalized spacial score (nSPS) is 10.7. The van der Waals surface area contributed by atoms with E-state index in [1.54, 1.807) is 44.6 Å². The van der Waals surface area contributed by atoms with Crippen molar-refractivity contribution >= 4 is 24.1 Å². The number of hydrogen-bond donors (Lipinski definition) is 2. The van der Waals surface area contributed by atoms with Crippen LogP contribution in [0.1, 0.15) is 11.1 Å². The molecule has 8 heteroatoms. The first kappa shape index (κ1) is 21.5. The Labute approximate surface area is 169 Å². The van der Waals surface area contributed by atoms with Gasteiger partial charge in [-0.25, -0.2) is 5.43 Å². The smallest absolute Gasteiger partial charge is 0.259 e. The predicted molar refractivity (Wildman–Crippen MR) is 110 cm³/mol. The summed E-state index contributed by atoms with van der Waals surface area (Å²) < 4.78 is 15.6. The van der Waals surface area contributed by atoms with Crippen LogP contribution in [-0.4, -0.2) is 45.9 Å². The molecule has 0 aromatic heterocycles. The fourth-order valence-electron chi connectivity index (χ4n) is 2.35. The number of nitrogens with zero attached hydrogens (tertiary/aromatic N) is 1. The predicted octanol–water partition coefficient (Wildman–Crippen LogP) is 1.99. The molecule has 0 unspecified atom stereocenters. The summed E-state index contributed by atoms with van der Waals surface area (Å²) in [6.45, 7) is -0.210. The van der Waals surface area contributed by atoms with Gasteiger partial charge in [-0.05, 0) is 35.9 Å². The molecule has 2 N–H and O–H groups in total. The van der Waals surface area contributed by atoms with E-state index in [-0.39, 0.29) is 6.54 Å². The summed E-state index contributed by atoms with van der Waals surface area (Å²) in [6.07, 6.45) is 4.41. The number of hydrazone groups is 1. The van der Waals surface area contributed by atoms with Crippen LogP contribution in [0.5, 0.6) is 17.2 Å². The number of hydrogen-bond acceptors (Lipinski definition) is 6. The number of amides is 2. The lowest BCUT2D eigenvalue weighted by atomic mass is 10.2. The Morgan fingerprint density at radius 3 is 2.41 bits per heavy atom. The maximum Gasteiger partial charge on any atom is 0.259 e. The van der Waals surface area contributed by atoms with Gasteiger partial charge in [-0.2, -0.15) is 5.10 Å². The van der Waals surface area contributed by atoms with E-state index < -0.39 is 11.8 Å². The van der Waals surface area contributed by atoms with Gasteiger partial charge in [0.15, 0.2) is 11.5 Å². The van der Waals surface area contributed by atoms with Crippen molar-refractivity contribution in [3.8, 4) is 17.2 Å². The second kappa shape index (κ2) is 11.1. The van der Waals surface area contributed by atoms with E-state index in [0.29, 0.717) is 22.8 Å². The van der Waals surface area contributed by atoms with E-state index in [9.17, 15) is 9.59 Å². The fraction of sp³-hybridized carbons (Fsp3) is 0.190.